The lowest BCUT2D eigenvalue weighted by molar-refractivity contribution is 0.483. The minimum atomic E-state index is 0.793. The number of hydrogen-bond acceptors (Lipinski definition) is 2. The maximum absolute atomic E-state index is 5.93. The molecule has 1 aromatic heterocycles. The molecular formula is C24H19NOS. The number of aromatic nitrogens is 1. The molecule has 2 nitrogen and oxygen atoms in total. The summed E-state index contributed by atoms with van der Waals surface area (Å²) in [6, 6.07) is 26.3. The average molecular weight is 369 g/mol. The molecule has 0 saturated heterocycles. The Bertz CT molecular complexity index is 1170. The molecule has 1 heterocycles. The maximum atomic E-state index is 5.93. The molecular weight excluding hydrogens is 350 g/mol. The number of hydrogen-bond donors (Lipinski definition) is 0. The first-order valence-corrected chi connectivity index (χ1v) is 9.16. The van der Waals surface area contributed by atoms with Crippen LogP contribution in [0, 0.1) is 4.64 Å². The fourth-order valence-electron chi connectivity index (χ4n) is 3.14. The number of nitrogens with zero attached hydrogens (tertiary/aromatic N) is 1. The molecule has 0 N–H and O–H groups in total. The molecule has 4 rings (SSSR count). The van der Waals surface area contributed by atoms with E-state index in [1.165, 1.54) is 5.39 Å². The van der Waals surface area contributed by atoms with Crippen LogP contribution < -0.4 is 4.74 Å². The van der Waals surface area contributed by atoms with Crippen molar-refractivity contribution < 1.29 is 4.74 Å². The zero-order valence-corrected chi connectivity index (χ0v) is 15.9. The van der Waals surface area contributed by atoms with Gasteiger partial charge in [-0.3, -0.25) is 0 Å². The van der Waals surface area contributed by atoms with Crippen LogP contribution in [-0.4, -0.2) is 4.57 Å². The molecule has 4 aromatic rings. The van der Waals surface area contributed by atoms with Crippen molar-refractivity contribution in [1.29, 1.82) is 0 Å². The number of benzene rings is 3. The summed E-state index contributed by atoms with van der Waals surface area (Å²) in [5.41, 5.74) is 4.33. The van der Waals surface area contributed by atoms with Gasteiger partial charge in [0.15, 0.2) is 0 Å². The van der Waals surface area contributed by atoms with Crippen LogP contribution in [0.4, 0.5) is 0 Å². The van der Waals surface area contributed by atoms with E-state index in [4.69, 9.17) is 17.0 Å². The molecule has 0 fully saturated rings. The molecule has 0 spiro atoms. The molecule has 27 heavy (non-hydrogen) atoms. The summed E-state index contributed by atoms with van der Waals surface area (Å²) >= 11 is 5.69. The van der Waals surface area contributed by atoms with Crippen LogP contribution in [0.5, 0.6) is 11.5 Å². The van der Waals surface area contributed by atoms with E-state index in [1.807, 2.05) is 73.8 Å². The van der Waals surface area contributed by atoms with Crippen LogP contribution in [0.15, 0.2) is 85.4 Å². The van der Waals surface area contributed by atoms with Gasteiger partial charge in [0.1, 0.15) is 16.1 Å². The van der Waals surface area contributed by atoms with Crippen molar-refractivity contribution in [3.63, 3.8) is 0 Å². The second-order valence-electron chi connectivity index (χ2n) is 6.38. The predicted octanol–water partition coefficient (Wildman–Crippen LogP) is 7.01. The van der Waals surface area contributed by atoms with Gasteiger partial charge < -0.3 is 9.30 Å². The van der Waals surface area contributed by atoms with Crippen molar-refractivity contribution >= 4 is 29.2 Å². The van der Waals surface area contributed by atoms with E-state index in [0.717, 1.165) is 38.3 Å². The monoisotopic (exact) mass is 369 g/mol. The first-order valence-electron chi connectivity index (χ1n) is 8.75. The van der Waals surface area contributed by atoms with Gasteiger partial charge in [0.2, 0.25) is 0 Å². The number of aryl methyl sites for hydroxylation is 1. The number of para-hydroxylation sites is 1. The molecule has 3 heteroatoms. The van der Waals surface area contributed by atoms with Gasteiger partial charge in [0.25, 0.3) is 0 Å². The fraction of sp³-hybridized carbons (Fsp3) is 0.0417. The summed E-state index contributed by atoms with van der Waals surface area (Å²) in [6.45, 7) is 3.76. The molecule has 0 radical (unpaired) electrons. The number of ether oxygens (including phenoxy) is 1. The van der Waals surface area contributed by atoms with Crippen molar-refractivity contribution in [3.8, 4) is 22.6 Å². The Morgan fingerprint density at radius 1 is 0.889 bits per heavy atom. The van der Waals surface area contributed by atoms with Crippen LogP contribution in [0.25, 0.3) is 28.1 Å². The van der Waals surface area contributed by atoms with Crippen LogP contribution >= 0.6 is 12.2 Å². The van der Waals surface area contributed by atoms with E-state index < -0.39 is 0 Å². The molecule has 3 aromatic carbocycles. The van der Waals surface area contributed by atoms with Gasteiger partial charge in [-0.15, -0.1) is 0 Å². The number of pyridine rings is 1. The van der Waals surface area contributed by atoms with E-state index in [-0.39, 0.29) is 0 Å². The van der Waals surface area contributed by atoms with Gasteiger partial charge in [-0.25, -0.2) is 0 Å². The zero-order chi connectivity index (χ0) is 18.8. The molecule has 0 unspecified atom stereocenters. The highest BCUT2D eigenvalue weighted by atomic mass is 32.1. The largest absolute Gasteiger partial charge is 0.457 e. The molecule has 0 aliphatic heterocycles. The summed E-state index contributed by atoms with van der Waals surface area (Å²) in [5, 5.41) is 1.17. The molecule has 132 valence electrons. The Morgan fingerprint density at radius 3 is 2.19 bits per heavy atom. The topological polar surface area (TPSA) is 14.2 Å². The van der Waals surface area contributed by atoms with Crippen molar-refractivity contribution in [1.82, 2.24) is 4.57 Å². The molecule has 0 aliphatic rings. The Morgan fingerprint density at radius 2 is 1.52 bits per heavy atom. The Kier molecular flexibility index (Phi) is 4.61. The summed E-state index contributed by atoms with van der Waals surface area (Å²) < 4.78 is 8.81. The molecule has 0 saturated carbocycles. The van der Waals surface area contributed by atoms with Crippen molar-refractivity contribution in [2.45, 2.75) is 0 Å². The summed E-state index contributed by atoms with van der Waals surface area (Å²) in [6.07, 6.45) is 1.81. The smallest absolute Gasteiger partial charge is 0.127 e. The lowest BCUT2D eigenvalue weighted by Crippen LogP contribution is -1.97. The van der Waals surface area contributed by atoms with Gasteiger partial charge in [-0.05, 0) is 52.9 Å². The SMILES string of the molecule is C=Cc1ccc(Oc2ccc(-c3cc4ccccc4n(C)c3=S)cc2)cc1. The highest BCUT2D eigenvalue weighted by Crippen LogP contribution is 2.29. The minimum absolute atomic E-state index is 0.793. The van der Waals surface area contributed by atoms with Gasteiger partial charge in [-0.1, -0.05) is 67.3 Å². The third kappa shape index (κ3) is 3.42. The quantitative estimate of drug-likeness (QED) is 0.359. The molecule has 0 bridgehead atoms. The van der Waals surface area contributed by atoms with Gasteiger partial charge in [0, 0.05) is 18.1 Å². The van der Waals surface area contributed by atoms with E-state index in [9.17, 15) is 0 Å². The maximum Gasteiger partial charge on any atom is 0.127 e. The Balaban J connectivity index is 1.66. The normalized spacial score (nSPS) is 10.7. The second-order valence-corrected chi connectivity index (χ2v) is 6.77. The fourth-order valence-corrected chi connectivity index (χ4v) is 3.41. The zero-order valence-electron chi connectivity index (χ0n) is 15.1. The van der Waals surface area contributed by atoms with Crippen LogP contribution in [0.1, 0.15) is 5.56 Å². The van der Waals surface area contributed by atoms with Gasteiger partial charge in [0.05, 0.1) is 0 Å². The molecule has 0 amide bonds. The molecule has 0 aliphatic carbocycles. The Labute approximate surface area is 164 Å². The first kappa shape index (κ1) is 17.3. The van der Waals surface area contributed by atoms with E-state index in [0.29, 0.717) is 0 Å². The molecule has 0 atom stereocenters. The highest BCUT2D eigenvalue weighted by Gasteiger charge is 2.07. The first-order chi connectivity index (χ1) is 13.2. The Hall–Kier alpha value is -3.17. The minimum Gasteiger partial charge on any atom is -0.457 e. The van der Waals surface area contributed by atoms with E-state index >= 15 is 0 Å². The lowest BCUT2D eigenvalue weighted by atomic mass is 10.0. The van der Waals surface area contributed by atoms with E-state index in [1.54, 1.807) is 0 Å². The lowest BCUT2D eigenvalue weighted by Gasteiger charge is -2.12. The van der Waals surface area contributed by atoms with Crippen molar-refractivity contribution in [3.05, 3.63) is 95.6 Å². The summed E-state index contributed by atoms with van der Waals surface area (Å²) in [7, 11) is 2.01. The predicted molar refractivity (Wildman–Crippen MR) is 116 cm³/mol. The number of rotatable bonds is 4. The number of fused-ring (bicyclic) bond motifs is 1. The van der Waals surface area contributed by atoms with Crippen LogP contribution in [0.2, 0.25) is 0 Å². The van der Waals surface area contributed by atoms with E-state index in [2.05, 4.69) is 29.3 Å². The van der Waals surface area contributed by atoms with Crippen molar-refractivity contribution in [2.24, 2.45) is 7.05 Å². The van der Waals surface area contributed by atoms with Crippen LogP contribution in [-0.2, 0) is 7.05 Å². The van der Waals surface area contributed by atoms with Gasteiger partial charge >= 0.3 is 0 Å². The van der Waals surface area contributed by atoms with Crippen LogP contribution in [0.3, 0.4) is 0 Å². The summed E-state index contributed by atoms with van der Waals surface area (Å²) in [4.78, 5) is 0. The standard InChI is InChI=1S/C24H19NOS/c1-3-17-8-12-20(13-9-17)26-21-14-10-18(11-15-21)22-16-19-6-4-5-7-23(19)25(2)24(22)27/h3-16H,1H2,2H3. The highest BCUT2D eigenvalue weighted by molar-refractivity contribution is 7.71. The third-order valence-electron chi connectivity index (χ3n) is 4.65. The second kappa shape index (κ2) is 7.22. The third-order valence-corrected chi connectivity index (χ3v) is 5.14. The van der Waals surface area contributed by atoms with Gasteiger partial charge in [-0.2, -0.15) is 0 Å². The summed E-state index contributed by atoms with van der Waals surface area (Å²) in [5.74, 6) is 1.59. The van der Waals surface area contributed by atoms with Crippen molar-refractivity contribution in [2.75, 3.05) is 0 Å². The average Bonchev–Trinajstić information content (AvgIpc) is 2.72.